The van der Waals surface area contributed by atoms with Gasteiger partial charge in [0, 0.05) is 27.9 Å². The lowest BCUT2D eigenvalue weighted by molar-refractivity contribution is 0.102. The maximum atomic E-state index is 12.2. The molecule has 1 amide bonds. The molecule has 0 unspecified atom stereocenters. The molecule has 0 spiro atoms. The second-order valence-corrected chi connectivity index (χ2v) is 5.26. The van der Waals surface area contributed by atoms with Crippen LogP contribution in [0, 0.1) is 0 Å². The number of carbonyl (C=O) groups excluding carboxylic acids is 1. The monoisotopic (exact) mass is 338 g/mol. The predicted octanol–water partition coefficient (Wildman–Crippen LogP) is 4.40. The third kappa shape index (κ3) is 3.49. The molecule has 0 aliphatic heterocycles. The van der Waals surface area contributed by atoms with Crippen molar-refractivity contribution in [3.05, 3.63) is 57.5 Å². The van der Waals surface area contributed by atoms with Crippen LogP contribution >= 0.6 is 27.5 Å². The fourth-order valence-corrected chi connectivity index (χ4v) is 2.26. The number of amides is 1. The first kappa shape index (κ1) is 13.9. The van der Waals surface area contributed by atoms with Crippen LogP contribution in [-0.4, -0.2) is 13.0 Å². The zero-order valence-corrected chi connectivity index (χ0v) is 12.5. The molecular formula is C14H12BrClN2O. The van der Waals surface area contributed by atoms with Crippen LogP contribution < -0.4 is 10.6 Å². The molecule has 0 fully saturated rings. The first-order valence-corrected chi connectivity index (χ1v) is 6.81. The Kier molecular flexibility index (Phi) is 4.45. The van der Waals surface area contributed by atoms with E-state index in [9.17, 15) is 4.79 Å². The molecule has 2 aromatic rings. The molecule has 0 aromatic heterocycles. The van der Waals surface area contributed by atoms with Crippen molar-refractivity contribution < 1.29 is 4.79 Å². The van der Waals surface area contributed by atoms with Crippen molar-refractivity contribution in [1.82, 2.24) is 0 Å². The zero-order valence-electron chi connectivity index (χ0n) is 10.2. The molecule has 19 heavy (non-hydrogen) atoms. The lowest BCUT2D eigenvalue weighted by Gasteiger charge is -2.10. The number of carbonyl (C=O) groups is 1. The van der Waals surface area contributed by atoms with Gasteiger partial charge in [-0.1, -0.05) is 33.6 Å². The molecule has 0 aliphatic carbocycles. The van der Waals surface area contributed by atoms with Gasteiger partial charge in [-0.15, -0.1) is 0 Å². The van der Waals surface area contributed by atoms with Crippen LogP contribution in [0.2, 0.25) is 5.02 Å². The number of anilines is 2. The Morgan fingerprint density at radius 2 is 2.00 bits per heavy atom. The Bertz CT molecular complexity index is 616. The Balaban J connectivity index is 2.27. The minimum Gasteiger partial charge on any atom is -0.387 e. The molecule has 0 saturated carbocycles. The summed E-state index contributed by atoms with van der Waals surface area (Å²) in [5.41, 5.74) is 1.97. The van der Waals surface area contributed by atoms with Gasteiger partial charge in [0.05, 0.1) is 5.56 Å². The summed E-state index contributed by atoms with van der Waals surface area (Å²) >= 11 is 9.29. The highest BCUT2D eigenvalue weighted by Crippen LogP contribution is 2.22. The lowest BCUT2D eigenvalue weighted by atomic mass is 10.1. The summed E-state index contributed by atoms with van der Waals surface area (Å²) in [5.74, 6) is -0.204. The average molecular weight is 340 g/mol. The van der Waals surface area contributed by atoms with Crippen molar-refractivity contribution in [3.63, 3.8) is 0 Å². The van der Waals surface area contributed by atoms with Crippen molar-refractivity contribution in [2.45, 2.75) is 0 Å². The van der Waals surface area contributed by atoms with E-state index in [4.69, 9.17) is 11.6 Å². The van der Waals surface area contributed by atoms with Gasteiger partial charge in [0.1, 0.15) is 0 Å². The molecule has 0 radical (unpaired) electrons. The Morgan fingerprint density at radius 1 is 1.21 bits per heavy atom. The fraction of sp³-hybridized carbons (Fsp3) is 0.0714. The molecule has 0 atom stereocenters. The van der Waals surface area contributed by atoms with E-state index in [1.807, 2.05) is 24.3 Å². The highest BCUT2D eigenvalue weighted by atomic mass is 79.9. The van der Waals surface area contributed by atoms with Gasteiger partial charge in [-0.2, -0.15) is 0 Å². The highest BCUT2D eigenvalue weighted by Gasteiger charge is 2.11. The second-order valence-electron chi connectivity index (χ2n) is 3.90. The van der Waals surface area contributed by atoms with Crippen LogP contribution in [0.3, 0.4) is 0 Å². The quantitative estimate of drug-likeness (QED) is 0.870. The van der Waals surface area contributed by atoms with Gasteiger partial charge in [-0.25, -0.2) is 0 Å². The summed E-state index contributed by atoms with van der Waals surface area (Å²) in [6.45, 7) is 0. The van der Waals surface area contributed by atoms with Crippen LogP contribution in [0.15, 0.2) is 46.9 Å². The standard InChI is InChI=1S/C14H12BrClN2O/c1-17-13-6-5-10(16)8-12(13)14(19)18-11-4-2-3-9(15)7-11/h2-8,17H,1H3,(H,18,19). The summed E-state index contributed by atoms with van der Waals surface area (Å²) in [6.07, 6.45) is 0. The van der Waals surface area contributed by atoms with E-state index >= 15 is 0 Å². The number of halogens is 2. The summed E-state index contributed by atoms with van der Waals surface area (Å²) in [6, 6.07) is 12.6. The fourth-order valence-electron chi connectivity index (χ4n) is 1.69. The Labute approximate surface area is 125 Å². The highest BCUT2D eigenvalue weighted by molar-refractivity contribution is 9.10. The number of hydrogen-bond acceptors (Lipinski definition) is 2. The van der Waals surface area contributed by atoms with Gasteiger partial charge < -0.3 is 10.6 Å². The van der Waals surface area contributed by atoms with Crippen molar-refractivity contribution >= 4 is 44.8 Å². The van der Waals surface area contributed by atoms with Crippen LogP contribution in [0.5, 0.6) is 0 Å². The van der Waals surface area contributed by atoms with Gasteiger partial charge in [0.15, 0.2) is 0 Å². The SMILES string of the molecule is CNc1ccc(Cl)cc1C(=O)Nc1cccc(Br)c1. The lowest BCUT2D eigenvalue weighted by Crippen LogP contribution is -2.14. The van der Waals surface area contributed by atoms with Crippen LogP contribution in [-0.2, 0) is 0 Å². The molecule has 2 aromatic carbocycles. The van der Waals surface area contributed by atoms with Crippen LogP contribution in [0.1, 0.15) is 10.4 Å². The minimum atomic E-state index is -0.204. The normalized spacial score (nSPS) is 10.1. The maximum absolute atomic E-state index is 12.2. The molecule has 5 heteroatoms. The molecule has 0 heterocycles. The largest absolute Gasteiger partial charge is 0.387 e. The average Bonchev–Trinajstić information content (AvgIpc) is 2.38. The Morgan fingerprint density at radius 3 is 2.68 bits per heavy atom. The molecule has 0 saturated heterocycles. The van der Waals surface area contributed by atoms with E-state index in [2.05, 4.69) is 26.6 Å². The maximum Gasteiger partial charge on any atom is 0.257 e. The molecular weight excluding hydrogens is 328 g/mol. The third-order valence-electron chi connectivity index (χ3n) is 2.58. The van der Waals surface area contributed by atoms with E-state index in [1.54, 1.807) is 25.2 Å². The molecule has 0 aliphatic rings. The second kappa shape index (κ2) is 6.08. The van der Waals surface area contributed by atoms with E-state index in [1.165, 1.54) is 0 Å². The molecule has 2 rings (SSSR count). The van der Waals surface area contributed by atoms with Crippen molar-refractivity contribution in [1.29, 1.82) is 0 Å². The van der Waals surface area contributed by atoms with Crippen LogP contribution in [0.4, 0.5) is 11.4 Å². The van der Waals surface area contributed by atoms with Gasteiger partial charge in [-0.3, -0.25) is 4.79 Å². The summed E-state index contributed by atoms with van der Waals surface area (Å²) < 4.78 is 0.908. The predicted molar refractivity (Wildman–Crippen MR) is 83.1 cm³/mol. The first-order valence-electron chi connectivity index (χ1n) is 5.64. The molecule has 2 N–H and O–H groups in total. The summed E-state index contributed by atoms with van der Waals surface area (Å²) in [5, 5.41) is 6.33. The number of hydrogen-bond donors (Lipinski definition) is 2. The molecule has 0 bridgehead atoms. The molecule has 3 nitrogen and oxygen atoms in total. The van der Waals surface area contributed by atoms with E-state index in [0.29, 0.717) is 10.6 Å². The van der Waals surface area contributed by atoms with E-state index in [-0.39, 0.29) is 5.91 Å². The first-order chi connectivity index (χ1) is 9.10. The topological polar surface area (TPSA) is 41.1 Å². The van der Waals surface area contributed by atoms with Crippen molar-refractivity contribution in [3.8, 4) is 0 Å². The van der Waals surface area contributed by atoms with Gasteiger partial charge in [0.2, 0.25) is 0 Å². The van der Waals surface area contributed by atoms with Crippen molar-refractivity contribution in [2.75, 3.05) is 17.7 Å². The van der Waals surface area contributed by atoms with E-state index < -0.39 is 0 Å². The van der Waals surface area contributed by atoms with E-state index in [0.717, 1.165) is 15.8 Å². The van der Waals surface area contributed by atoms with Gasteiger partial charge >= 0.3 is 0 Å². The van der Waals surface area contributed by atoms with Crippen LogP contribution in [0.25, 0.3) is 0 Å². The zero-order chi connectivity index (χ0) is 13.8. The number of rotatable bonds is 3. The minimum absolute atomic E-state index is 0.204. The van der Waals surface area contributed by atoms with Crippen molar-refractivity contribution in [2.24, 2.45) is 0 Å². The van der Waals surface area contributed by atoms with Gasteiger partial charge in [0.25, 0.3) is 5.91 Å². The Hall–Kier alpha value is -1.52. The summed E-state index contributed by atoms with van der Waals surface area (Å²) in [7, 11) is 1.76. The number of benzene rings is 2. The number of nitrogens with one attached hydrogen (secondary N) is 2. The smallest absolute Gasteiger partial charge is 0.257 e. The van der Waals surface area contributed by atoms with Gasteiger partial charge in [-0.05, 0) is 36.4 Å². The molecule has 98 valence electrons. The third-order valence-corrected chi connectivity index (χ3v) is 3.31. The summed E-state index contributed by atoms with van der Waals surface area (Å²) in [4.78, 5) is 12.2.